The number of aromatic nitrogens is 5. The van der Waals surface area contributed by atoms with Gasteiger partial charge in [-0.25, -0.2) is 4.39 Å². The maximum Gasteiger partial charge on any atom is 0.180 e. The highest BCUT2D eigenvalue weighted by atomic mass is 35.5. The van der Waals surface area contributed by atoms with Crippen LogP contribution in [-0.2, 0) is 6.42 Å². The topological polar surface area (TPSA) is 48.0 Å². The molecule has 148 valence electrons. The SMILES string of the molecule is Fc1cc(-c2ccn3c(CC4CC4)nnc3c2Cl)cc2ccn(-c3cccnc3)c12. The van der Waals surface area contributed by atoms with E-state index >= 15 is 4.39 Å². The Hall–Kier alpha value is -3.25. The molecule has 1 fully saturated rings. The summed E-state index contributed by atoms with van der Waals surface area (Å²) in [7, 11) is 0. The van der Waals surface area contributed by atoms with Crippen molar-refractivity contribution in [3.63, 3.8) is 0 Å². The molecule has 0 spiro atoms. The summed E-state index contributed by atoms with van der Waals surface area (Å²) in [5, 5.41) is 9.89. The summed E-state index contributed by atoms with van der Waals surface area (Å²) >= 11 is 6.69. The number of hydrogen-bond donors (Lipinski definition) is 0. The average molecular weight is 418 g/mol. The molecule has 6 rings (SSSR count). The largest absolute Gasteiger partial charge is 0.312 e. The standard InChI is InChI=1S/C23H17ClFN5/c24-21-18(6-9-30-20(10-14-3-4-14)27-28-23(21)30)16-11-15-5-8-29(22(15)19(25)12-16)17-2-1-7-26-13-17/h1-2,5-9,11-14H,3-4,10H2. The number of rotatable bonds is 4. The smallest absolute Gasteiger partial charge is 0.180 e. The van der Waals surface area contributed by atoms with Crippen LogP contribution in [-0.4, -0.2) is 24.1 Å². The Morgan fingerprint density at radius 3 is 2.80 bits per heavy atom. The Bertz CT molecular complexity index is 1400. The van der Waals surface area contributed by atoms with Crippen molar-refractivity contribution in [2.24, 2.45) is 5.92 Å². The lowest BCUT2D eigenvalue weighted by Crippen LogP contribution is -1.97. The molecule has 5 aromatic rings. The minimum Gasteiger partial charge on any atom is -0.312 e. The molecule has 0 amide bonds. The third-order valence-electron chi connectivity index (χ3n) is 5.73. The molecule has 0 unspecified atom stereocenters. The quantitative estimate of drug-likeness (QED) is 0.389. The number of nitrogens with zero attached hydrogens (tertiary/aromatic N) is 5. The van der Waals surface area contributed by atoms with Crippen LogP contribution in [0.3, 0.4) is 0 Å². The maximum atomic E-state index is 15.2. The molecule has 7 heteroatoms. The van der Waals surface area contributed by atoms with E-state index in [1.165, 1.54) is 18.9 Å². The van der Waals surface area contributed by atoms with Gasteiger partial charge in [0.2, 0.25) is 0 Å². The van der Waals surface area contributed by atoms with Crippen LogP contribution in [0.15, 0.2) is 61.2 Å². The van der Waals surface area contributed by atoms with Gasteiger partial charge in [0.05, 0.1) is 22.4 Å². The second-order valence-corrected chi connectivity index (χ2v) is 8.17. The van der Waals surface area contributed by atoms with Crippen molar-refractivity contribution >= 4 is 28.2 Å². The fourth-order valence-corrected chi connectivity index (χ4v) is 4.31. The lowest BCUT2D eigenvalue weighted by atomic mass is 10.0. The number of hydrogen-bond acceptors (Lipinski definition) is 3. The van der Waals surface area contributed by atoms with Crippen molar-refractivity contribution in [3.05, 3.63) is 77.8 Å². The van der Waals surface area contributed by atoms with E-state index in [1.807, 2.05) is 47.1 Å². The molecule has 1 aliphatic rings. The van der Waals surface area contributed by atoms with Crippen LogP contribution in [0, 0.1) is 11.7 Å². The molecule has 1 saturated carbocycles. The van der Waals surface area contributed by atoms with Gasteiger partial charge in [0, 0.05) is 36.0 Å². The molecule has 1 aliphatic carbocycles. The first-order valence-electron chi connectivity index (χ1n) is 9.92. The first-order chi connectivity index (χ1) is 14.7. The first kappa shape index (κ1) is 17.6. The van der Waals surface area contributed by atoms with E-state index in [9.17, 15) is 0 Å². The first-order valence-corrected chi connectivity index (χ1v) is 10.3. The second-order valence-electron chi connectivity index (χ2n) is 7.79. The van der Waals surface area contributed by atoms with Crippen molar-refractivity contribution in [1.29, 1.82) is 0 Å². The lowest BCUT2D eigenvalue weighted by molar-refractivity contribution is 0.635. The van der Waals surface area contributed by atoms with Crippen LogP contribution in [0.1, 0.15) is 18.7 Å². The summed E-state index contributed by atoms with van der Waals surface area (Å²) in [5.74, 6) is 1.32. The Morgan fingerprint density at radius 1 is 1.10 bits per heavy atom. The van der Waals surface area contributed by atoms with Gasteiger partial charge in [-0.3, -0.25) is 9.38 Å². The van der Waals surface area contributed by atoms with E-state index in [2.05, 4.69) is 15.2 Å². The zero-order chi connectivity index (χ0) is 20.2. The van der Waals surface area contributed by atoms with Crippen LogP contribution in [0.5, 0.6) is 0 Å². The molecule has 0 saturated heterocycles. The zero-order valence-corrected chi connectivity index (χ0v) is 16.7. The molecule has 4 heterocycles. The van der Waals surface area contributed by atoms with Gasteiger partial charge in [-0.05, 0) is 60.7 Å². The highest BCUT2D eigenvalue weighted by Crippen LogP contribution is 2.36. The van der Waals surface area contributed by atoms with Crippen molar-refractivity contribution in [3.8, 4) is 16.8 Å². The molecule has 0 N–H and O–H groups in total. The van der Waals surface area contributed by atoms with Gasteiger partial charge in [0.1, 0.15) is 11.6 Å². The summed E-state index contributed by atoms with van der Waals surface area (Å²) in [6, 6.07) is 11.0. The Morgan fingerprint density at radius 2 is 2.00 bits per heavy atom. The van der Waals surface area contributed by atoms with Crippen LogP contribution < -0.4 is 0 Å². The second kappa shape index (κ2) is 6.64. The molecule has 30 heavy (non-hydrogen) atoms. The van der Waals surface area contributed by atoms with Crippen molar-refractivity contribution in [1.82, 2.24) is 24.1 Å². The molecule has 0 radical (unpaired) electrons. The summed E-state index contributed by atoms with van der Waals surface area (Å²) in [6.07, 6.45) is 10.6. The van der Waals surface area contributed by atoms with E-state index in [0.29, 0.717) is 27.7 Å². The van der Waals surface area contributed by atoms with E-state index in [1.54, 1.807) is 17.0 Å². The predicted molar refractivity (Wildman–Crippen MR) is 114 cm³/mol. The van der Waals surface area contributed by atoms with Crippen LogP contribution >= 0.6 is 11.6 Å². The highest BCUT2D eigenvalue weighted by molar-refractivity contribution is 6.36. The van der Waals surface area contributed by atoms with Crippen molar-refractivity contribution < 1.29 is 4.39 Å². The molecular weight excluding hydrogens is 401 g/mol. The van der Waals surface area contributed by atoms with E-state index < -0.39 is 0 Å². The summed E-state index contributed by atoms with van der Waals surface area (Å²) in [4.78, 5) is 4.13. The maximum absolute atomic E-state index is 15.2. The van der Waals surface area contributed by atoms with Gasteiger partial charge < -0.3 is 4.57 Å². The van der Waals surface area contributed by atoms with Gasteiger partial charge in [-0.2, -0.15) is 0 Å². The third-order valence-corrected chi connectivity index (χ3v) is 6.10. The molecule has 1 aromatic carbocycles. The minimum absolute atomic E-state index is 0.316. The minimum atomic E-state index is -0.316. The predicted octanol–water partition coefficient (Wildman–Crippen LogP) is 5.48. The summed E-state index contributed by atoms with van der Waals surface area (Å²) in [5.41, 5.74) is 3.38. The van der Waals surface area contributed by atoms with Gasteiger partial charge in [0.15, 0.2) is 5.65 Å². The monoisotopic (exact) mass is 417 g/mol. The Kier molecular flexibility index (Phi) is 3.89. The van der Waals surface area contributed by atoms with Crippen LogP contribution in [0.2, 0.25) is 5.02 Å². The molecular formula is C23H17ClFN5. The number of fused-ring (bicyclic) bond motifs is 2. The molecule has 5 nitrogen and oxygen atoms in total. The van der Waals surface area contributed by atoms with E-state index in [4.69, 9.17) is 11.6 Å². The van der Waals surface area contributed by atoms with Crippen molar-refractivity contribution in [2.45, 2.75) is 19.3 Å². The average Bonchev–Trinajstić information content (AvgIpc) is 3.31. The molecule has 0 aliphatic heterocycles. The normalized spacial score (nSPS) is 14.1. The molecule has 0 bridgehead atoms. The van der Waals surface area contributed by atoms with E-state index in [-0.39, 0.29) is 5.82 Å². The van der Waals surface area contributed by atoms with Gasteiger partial charge in [0.25, 0.3) is 0 Å². The fraction of sp³-hybridized carbons (Fsp3) is 0.174. The Balaban J connectivity index is 1.47. The van der Waals surface area contributed by atoms with Gasteiger partial charge in [-0.1, -0.05) is 11.6 Å². The fourth-order valence-electron chi connectivity index (χ4n) is 4.01. The van der Waals surface area contributed by atoms with Gasteiger partial charge >= 0.3 is 0 Å². The van der Waals surface area contributed by atoms with Gasteiger partial charge in [-0.15, -0.1) is 10.2 Å². The van der Waals surface area contributed by atoms with Crippen LogP contribution in [0.25, 0.3) is 33.4 Å². The lowest BCUT2D eigenvalue weighted by Gasteiger charge is -2.10. The molecule has 4 aromatic heterocycles. The summed E-state index contributed by atoms with van der Waals surface area (Å²) < 4.78 is 18.9. The van der Waals surface area contributed by atoms with E-state index in [0.717, 1.165) is 28.9 Å². The number of halogens is 2. The number of pyridine rings is 2. The third kappa shape index (κ3) is 2.79. The Labute approximate surface area is 176 Å². The number of benzene rings is 1. The van der Waals surface area contributed by atoms with Crippen LogP contribution in [0.4, 0.5) is 4.39 Å². The summed E-state index contributed by atoms with van der Waals surface area (Å²) in [6.45, 7) is 0. The zero-order valence-electron chi connectivity index (χ0n) is 16.0. The van der Waals surface area contributed by atoms with Crippen molar-refractivity contribution in [2.75, 3.05) is 0 Å². The molecule has 0 atom stereocenters. The highest BCUT2D eigenvalue weighted by Gasteiger charge is 2.25.